The van der Waals surface area contributed by atoms with Crippen molar-refractivity contribution < 1.29 is 4.79 Å². The van der Waals surface area contributed by atoms with Crippen LogP contribution in [0.2, 0.25) is 0 Å². The zero-order valence-electron chi connectivity index (χ0n) is 11.6. The third kappa shape index (κ3) is 2.67. The molecule has 106 valence electrons. The van der Waals surface area contributed by atoms with Crippen molar-refractivity contribution in [1.82, 2.24) is 14.6 Å². The Bertz CT molecular complexity index is 841. The fourth-order valence-electron chi connectivity index (χ4n) is 2.04. The van der Waals surface area contributed by atoms with E-state index in [1.165, 1.54) is 0 Å². The first-order valence-corrected chi connectivity index (χ1v) is 7.24. The van der Waals surface area contributed by atoms with Gasteiger partial charge in [0.15, 0.2) is 5.65 Å². The number of amides is 1. The SMILES string of the molecule is Cc1nc2ccc(C(=O)Nc3cccc(Br)c3)nn2c1C. The highest BCUT2D eigenvalue weighted by molar-refractivity contribution is 9.10. The number of carbonyl (C=O) groups is 1. The average Bonchev–Trinajstić information content (AvgIpc) is 2.74. The highest BCUT2D eigenvalue weighted by Crippen LogP contribution is 2.16. The minimum Gasteiger partial charge on any atom is -0.321 e. The van der Waals surface area contributed by atoms with Crippen LogP contribution in [0.25, 0.3) is 5.65 Å². The van der Waals surface area contributed by atoms with Crippen LogP contribution in [0, 0.1) is 13.8 Å². The molecule has 1 N–H and O–H groups in total. The number of nitrogens with one attached hydrogen (secondary N) is 1. The molecule has 0 atom stereocenters. The molecule has 6 heteroatoms. The normalized spacial score (nSPS) is 10.8. The maximum absolute atomic E-state index is 12.3. The van der Waals surface area contributed by atoms with E-state index in [9.17, 15) is 4.79 Å². The van der Waals surface area contributed by atoms with Gasteiger partial charge in [0.25, 0.3) is 5.91 Å². The summed E-state index contributed by atoms with van der Waals surface area (Å²) < 4.78 is 2.59. The lowest BCUT2D eigenvalue weighted by molar-refractivity contribution is 0.102. The van der Waals surface area contributed by atoms with E-state index in [4.69, 9.17) is 0 Å². The third-order valence-electron chi connectivity index (χ3n) is 3.25. The Labute approximate surface area is 130 Å². The van der Waals surface area contributed by atoms with Crippen LogP contribution in [-0.2, 0) is 0 Å². The van der Waals surface area contributed by atoms with E-state index in [1.54, 1.807) is 16.6 Å². The van der Waals surface area contributed by atoms with Gasteiger partial charge in [0, 0.05) is 10.2 Å². The number of benzene rings is 1. The molecular weight excluding hydrogens is 332 g/mol. The van der Waals surface area contributed by atoms with Gasteiger partial charge < -0.3 is 5.32 Å². The number of fused-ring (bicyclic) bond motifs is 1. The topological polar surface area (TPSA) is 59.3 Å². The molecule has 0 unspecified atom stereocenters. The molecule has 0 aliphatic rings. The summed E-state index contributed by atoms with van der Waals surface area (Å²) in [6.45, 7) is 3.85. The van der Waals surface area contributed by atoms with Crippen molar-refractivity contribution in [2.24, 2.45) is 0 Å². The number of hydrogen-bond acceptors (Lipinski definition) is 3. The number of hydrogen-bond donors (Lipinski definition) is 1. The number of aromatic nitrogens is 3. The summed E-state index contributed by atoms with van der Waals surface area (Å²) in [5, 5.41) is 7.17. The molecule has 2 aromatic heterocycles. The standard InChI is InChI=1S/C15H13BrN4O/c1-9-10(2)20-14(17-9)7-6-13(19-20)15(21)18-12-5-3-4-11(16)8-12/h3-8H,1-2H3,(H,18,21). The van der Waals surface area contributed by atoms with Crippen LogP contribution in [0.1, 0.15) is 21.9 Å². The summed E-state index contributed by atoms with van der Waals surface area (Å²) in [4.78, 5) is 16.6. The summed E-state index contributed by atoms with van der Waals surface area (Å²) in [5.41, 5.74) is 3.65. The molecular formula is C15H13BrN4O. The van der Waals surface area contributed by atoms with Crippen molar-refractivity contribution in [2.45, 2.75) is 13.8 Å². The van der Waals surface area contributed by atoms with E-state index in [2.05, 4.69) is 31.3 Å². The summed E-state index contributed by atoms with van der Waals surface area (Å²) in [7, 11) is 0. The van der Waals surface area contributed by atoms with Crippen LogP contribution >= 0.6 is 15.9 Å². The van der Waals surface area contributed by atoms with Gasteiger partial charge in [0.05, 0.1) is 11.4 Å². The summed E-state index contributed by atoms with van der Waals surface area (Å²) >= 11 is 3.37. The predicted octanol–water partition coefficient (Wildman–Crippen LogP) is 3.36. The van der Waals surface area contributed by atoms with Crippen molar-refractivity contribution in [3.63, 3.8) is 0 Å². The van der Waals surface area contributed by atoms with Crippen molar-refractivity contribution in [2.75, 3.05) is 5.32 Å². The summed E-state index contributed by atoms with van der Waals surface area (Å²) in [6.07, 6.45) is 0. The molecule has 3 aromatic rings. The van der Waals surface area contributed by atoms with E-state index in [0.29, 0.717) is 5.69 Å². The van der Waals surface area contributed by atoms with Gasteiger partial charge >= 0.3 is 0 Å². The van der Waals surface area contributed by atoms with E-state index < -0.39 is 0 Å². The van der Waals surface area contributed by atoms with E-state index in [1.807, 2.05) is 38.1 Å². The first-order valence-electron chi connectivity index (χ1n) is 6.44. The maximum atomic E-state index is 12.3. The lowest BCUT2D eigenvalue weighted by atomic mass is 10.3. The smallest absolute Gasteiger partial charge is 0.276 e. The van der Waals surface area contributed by atoms with E-state index in [0.717, 1.165) is 27.2 Å². The lowest BCUT2D eigenvalue weighted by Crippen LogP contribution is -2.15. The molecule has 0 saturated carbocycles. The second-order valence-corrected chi connectivity index (χ2v) is 5.65. The first-order chi connectivity index (χ1) is 10.0. The average molecular weight is 345 g/mol. The molecule has 1 amide bonds. The number of aryl methyl sites for hydroxylation is 2. The van der Waals surface area contributed by atoms with Gasteiger partial charge in [0.2, 0.25) is 0 Å². The summed E-state index contributed by atoms with van der Waals surface area (Å²) in [5.74, 6) is -0.249. The van der Waals surface area contributed by atoms with Gasteiger partial charge in [-0.15, -0.1) is 0 Å². The van der Waals surface area contributed by atoms with E-state index >= 15 is 0 Å². The molecule has 0 aliphatic carbocycles. The molecule has 0 spiro atoms. The molecule has 21 heavy (non-hydrogen) atoms. The van der Waals surface area contributed by atoms with Crippen LogP contribution in [0.3, 0.4) is 0 Å². The van der Waals surface area contributed by atoms with Crippen molar-refractivity contribution in [3.8, 4) is 0 Å². The fraction of sp³-hybridized carbons (Fsp3) is 0.133. The fourth-order valence-corrected chi connectivity index (χ4v) is 2.44. The highest BCUT2D eigenvalue weighted by Gasteiger charge is 2.12. The van der Waals surface area contributed by atoms with E-state index in [-0.39, 0.29) is 5.91 Å². The predicted molar refractivity (Wildman–Crippen MR) is 84.6 cm³/mol. The monoisotopic (exact) mass is 344 g/mol. The van der Waals surface area contributed by atoms with Gasteiger partial charge in [0.1, 0.15) is 5.69 Å². The number of halogens is 1. The highest BCUT2D eigenvalue weighted by atomic mass is 79.9. The van der Waals surface area contributed by atoms with Gasteiger partial charge in [-0.25, -0.2) is 9.50 Å². The van der Waals surface area contributed by atoms with Crippen LogP contribution in [0.5, 0.6) is 0 Å². The van der Waals surface area contributed by atoms with Crippen molar-refractivity contribution >= 4 is 33.2 Å². The molecule has 5 nitrogen and oxygen atoms in total. The number of rotatable bonds is 2. The van der Waals surface area contributed by atoms with Gasteiger partial charge in [-0.3, -0.25) is 4.79 Å². The number of nitrogens with zero attached hydrogens (tertiary/aromatic N) is 3. The minimum absolute atomic E-state index is 0.249. The number of imidazole rings is 1. The Hall–Kier alpha value is -2.21. The van der Waals surface area contributed by atoms with Crippen LogP contribution < -0.4 is 5.32 Å². The zero-order valence-corrected chi connectivity index (χ0v) is 13.2. The summed E-state index contributed by atoms with van der Waals surface area (Å²) in [6, 6.07) is 10.9. The molecule has 0 bridgehead atoms. The van der Waals surface area contributed by atoms with Crippen molar-refractivity contribution in [3.05, 3.63) is 58.0 Å². The van der Waals surface area contributed by atoms with Gasteiger partial charge in [-0.1, -0.05) is 22.0 Å². The number of anilines is 1. The second-order valence-electron chi connectivity index (χ2n) is 4.74. The Morgan fingerprint density at radius 3 is 2.81 bits per heavy atom. The number of carbonyl (C=O) groups excluding carboxylic acids is 1. The van der Waals surface area contributed by atoms with Crippen molar-refractivity contribution in [1.29, 1.82) is 0 Å². The molecule has 1 aromatic carbocycles. The van der Waals surface area contributed by atoms with Crippen LogP contribution in [0.15, 0.2) is 40.9 Å². The molecule has 0 fully saturated rings. The zero-order chi connectivity index (χ0) is 15.0. The maximum Gasteiger partial charge on any atom is 0.276 e. The van der Waals surface area contributed by atoms with Gasteiger partial charge in [-0.2, -0.15) is 5.10 Å². The largest absolute Gasteiger partial charge is 0.321 e. The Morgan fingerprint density at radius 1 is 1.24 bits per heavy atom. The minimum atomic E-state index is -0.249. The Morgan fingerprint density at radius 2 is 2.05 bits per heavy atom. The quantitative estimate of drug-likeness (QED) is 0.775. The second kappa shape index (κ2) is 5.29. The van der Waals surface area contributed by atoms with Crippen LogP contribution in [0.4, 0.5) is 5.69 Å². The Kier molecular flexibility index (Phi) is 3.47. The molecule has 2 heterocycles. The molecule has 0 saturated heterocycles. The molecule has 0 aliphatic heterocycles. The third-order valence-corrected chi connectivity index (χ3v) is 3.75. The van der Waals surface area contributed by atoms with Gasteiger partial charge in [-0.05, 0) is 44.2 Å². The van der Waals surface area contributed by atoms with Crippen LogP contribution in [-0.4, -0.2) is 20.5 Å². The lowest BCUT2D eigenvalue weighted by Gasteiger charge is -2.05. The molecule has 0 radical (unpaired) electrons. The Balaban J connectivity index is 1.92. The molecule has 3 rings (SSSR count). The first kappa shape index (κ1) is 13.8.